The van der Waals surface area contributed by atoms with Gasteiger partial charge in [0.25, 0.3) is 0 Å². The Morgan fingerprint density at radius 2 is 1.59 bits per heavy atom. The van der Waals surface area contributed by atoms with Gasteiger partial charge in [0.1, 0.15) is 6.54 Å². The molecule has 1 amide bonds. The number of rotatable bonds is 12. The zero-order chi connectivity index (χ0) is 22.6. The second kappa shape index (κ2) is 13.5. The van der Waals surface area contributed by atoms with Crippen molar-refractivity contribution in [3.8, 4) is 0 Å². The van der Waals surface area contributed by atoms with E-state index in [2.05, 4.69) is 46.6 Å². The van der Waals surface area contributed by atoms with E-state index in [0.29, 0.717) is 19.6 Å². The minimum atomic E-state index is 0.0588. The van der Waals surface area contributed by atoms with Crippen LogP contribution in [0.5, 0.6) is 0 Å². The molecule has 1 aliphatic heterocycles. The molecule has 2 aromatic rings. The van der Waals surface area contributed by atoms with Crippen LogP contribution < -0.4 is 14.8 Å². The van der Waals surface area contributed by atoms with Gasteiger partial charge in [-0.3, -0.25) is 4.79 Å². The third-order valence-corrected chi connectivity index (χ3v) is 7.83. The Hall–Kier alpha value is -2.00. The lowest BCUT2D eigenvalue weighted by molar-refractivity contribution is -0.697. The molecular formula is C24H32N3O3S2+. The van der Waals surface area contributed by atoms with Crippen LogP contribution in [0, 0.1) is 5.92 Å². The van der Waals surface area contributed by atoms with Gasteiger partial charge in [0.05, 0.1) is 19.1 Å². The van der Waals surface area contributed by atoms with E-state index in [1.165, 1.54) is 0 Å². The van der Waals surface area contributed by atoms with Crippen molar-refractivity contribution in [3.05, 3.63) is 59.9 Å². The summed E-state index contributed by atoms with van der Waals surface area (Å²) in [5.74, 6) is 2.21. The number of aryl methyl sites for hydroxylation is 1. The van der Waals surface area contributed by atoms with E-state index in [1.54, 1.807) is 21.6 Å². The molecule has 0 bridgehead atoms. The molecule has 0 radical (unpaired) electrons. The number of aliphatic hydroxyl groups is 2. The molecule has 0 aliphatic carbocycles. The molecule has 3 N–H and O–H groups in total. The van der Waals surface area contributed by atoms with Gasteiger partial charge in [-0.15, -0.1) is 0 Å². The third-order valence-electron chi connectivity index (χ3n) is 5.27. The molecule has 2 heterocycles. The van der Waals surface area contributed by atoms with Crippen molar-refractivity contribution in [2.24, 2.45) is 5.92 Å². The molecule has 1 aromatic heterocycles. The smallest absolute Gasteiger partial charge is 0.224 e. The molecule has 1 fully saturated rings. The van der Waals surface area contributed by atoms with Crippen LogP contribution >= 0.6 is 21.6 Å². The Labute approximate surface area is 198 Å². The largest absolute Gasteiger partial charge is 0.395 e. The van der Waals surface area contributed by atoms with Gasteiger partial charge in [0, 0.05) is 55.4 Å². The zero-order valence-corrected chi connectivity index (χ0v) is 19.9. The van der Waals surface area contributed by atoms with E-state index in [1.807, 2.05) is 29.2 Å². The van der Waals surface area contributed by atoms with Gasteiger partial charge in [0.15, 0.2) is 12.4 Å². The van der Waals surface area contributed by atoms with Gasteiger partial charge in [-0.25, -0.2) is 4.57 Å². The number of carbonyl (C=O) groups excluding carboxylic acids is 1. The number of nitrogens with one attached hydrogen (secondary N) is 1. The second-order valence-electron chi connectivity index (χ2n) is 7.64. The Balaban J connectivity index is 1.43. The summed E-state index contributed by atoms with van der Waals surface area (Å²) < 4.78 is 2.14. The number of aromatic nitrogens is 1. The van der Waals surface area contributed by atoms with Gasteiger partial charge >= 0.3 is 0 Å². The first-order valence-corrected chi connectivity index (χ1v) is 13.4. The Bertz CT molecular complexity index is 848. The summed E-state index contributed by atoms with van der Waals surface area (Å²) in [4.78, 5) is 14.0. The van der Waals surface area contributed by atoms with Crippen molar-refractivity contribution in [1.29, 1.82) is 0 Å². The molecular weight excluding hydrogens is 442 g/mol. The molecule has 1 aliphatic rings. The number of benzene rings is 1. The maximum atomic E-state index is 12.0. The molecule has 6 nitrogen and oxygen atoms in total. The standard InChI is InChI=1S/C24H31N3O3S2/c28-16-14-27(15-17-29)23-6-4-20(5-7-23)2-3-21-8-12-26(13-9-21)11-1-10-25-24(30)22-18-31-32-19-22/h2-9,12-13,22,28-29H,1,10-11,14-19H2/p+1. The summed E-state index contributed by atoms with van der Waals surface area (Å²) in [6.45, 7) is 2.71. The number of aliphatic hydroxyl groups excluding tert-OH is 2. The summed E-state index contributed by atoms with van der Waals surface area (Å²) in [7, 11) is 3.57. The van der Waals surface area contributed by atoms with E-state index in [-0.39, 0.29) is 25.0 Å². The number of amides is 1. The van der Waals surface area contributed by atoms with Crippen LogP contribution in [0.1, 0.15) is 17.5 Å². The summed E-state index contributed by atoms with van der Waals surface area (Å²) in [5.41, 5.74) is 3.20. The number of hydrogen-bond acceptors (Lipinski definition) is 6. The van der Waals surface area contributed by atoms with Gasteiger partial charge in [0.2, 0.25) is 5.91 Å². The highest BCUT2D eigenvalue weighted by Gasteiger charge is 2.23. The fraction of sp³-hybridized carbons (Fsp3) is 0.417. The second-order valence-corrected chi connectivity index (χ2v) is 10.2. The van der Waals surface area contributed by atoms with E-state index >= 15 is 0 Å². The minimum Gasteiger partial charge on any atom is -0.395 e. The number of anilines is 1. The van der Waals surface area contributed by atoms with Crippen LogP contribution in [0.2, 0.25) is 0 Å². The maximum absolute atomic E-state index is 12.0. The van der Waals surface area contributed by atoms with Gasteiger partial charge < -0.3 is 20.4 Å². The summed E-state index contributed by atoms with van der Waals surface area (Å²) in [5, 5.41) is 21.4. The average Bonchev–Trinajstić information content (AvgIpc) is 3.37. The lowest BCUT2D eigenvalue weighted by Gasteiger charge is -2.22. The molecule has 3 rings (SSSR count). The molecule has 0 atom stereocenters. The minimum absolute atomic E-state index is 0.0588. The first kappa shape index (κ1) is 24.6. The number of pyridine rings is 1. The first-order chi connectivity index (χ1) is 15.7. The Morgan fingerprint density at radius 1 is 1.00 bits per heavy atom. The van der Waals surface area contributed by atoms with Crippen LogP contribution in [0.4, 0.5) is 5.69 Å². The summed E-state index contributed by atoms with van der Waals surface area (Å²) in [6.07, 6.45) is 9.19. The number of nitrogens with zero attached hydrogens (tertiary/aromatic N) is 2. The van der Waals surface area contributed by atoms with Gasteiger partial charge in [-0.1, -0.05) is 45.9 Å². The summed E-state index contributed by atoms with van der Waals surface area (Å²) in [6, 6.07) is 12.3. The monoisotopic (exact) mass is 474 g/mol. The van der Waals surface area contributed by atoms with Gasteiger partial charge in [-0.05, 0) is 23.3 Å². The molecule has 32 heavy (non-hydrogen) atoms. The average molecular weight is 475 g/mol. The van der Waals surface area contributed by atoms with E-state index in [4.69, 9.17) is 0 Å². The van der Waals surface area contributed by atoms with Crippen LogP contribution in [-0.2, 0) is 11.3 Å². The topological polar surface area (TPSA) is 76.7 Å². The lowest BCUT2D eigenvalue weighted by Crippen LogP contribution is -2.37. The fourth-order valence-corrected chi connectivity index (χ4v) is 6.18. The van der Waals surface area contributed by atoms with Crippen molar-refractivity contribution >= 4 is 45.3 Å². The van der Waals surface area contributed by atoms with E-state index < -0.39 is 0 Å². The fourth-order valence-electron chi connectivity index (χ4n) is 3.41. The van der Waals surface area contributed by atoms with Crippen molar-refractivity contribution in [2.45, 2.75) is 13.0 Å². The van der Waals surface area contributed by atoms with Crippen molar-refractivity contribution < 1.29 is 19.6 Å². The van der Waals surface area contributed by atoms with Crippen LogP contribution in [0.25, 0.3) is 12.2 Å². The molecule has 0 saturated carbocycles. The quantitative estimate of drug-likeness (QED) is 0.249. The van der Waals surface area contributed by atoms with E-state index in [0.717, 1.165) is 41.3 Å². The van der Waals surface area contributed by atoms with E-state index in [9.17, 15) is 15.0 Å². The Kier molecular flexibility index (Phi) is 10.4. The lowest BCUT2D eigenvalue weighted by atomic mass is 10.1. The molecule has 172 valence electrons. The normalized spacial score (nSPS) is 14.2. The number of hydrogen-bond donors (Lipinski definition) is 3. The predicted octanol–water partition coefficient (Wildman–Crippen LogP) is 2.45. The highest BCUT2D eigenvalue weighted by Crippen LogP contribution is 2.34. The predicted molar refractivity (Wildman–Crippen MR) is 134 cm³/mol. The molecule has 0 spiro atoms. The van der Waals surface area contributed by atoms with Crippen LogP contribution in [0.15, 0.2) is 48.8 Å². The van der Waals surface area contributed by atoms with Crippen molar-refractivity contribution in [1.82, 2.24) is 5.32 Å². The van der Waals surface area contributed by atoms with Gasteiger partial charge in [-0.2, -0.15) is 0 Å². The van der Waals surface area contributed by atoms with Crippen LogP contribution in [0.3, 0.4) is 0 Å². The number of carbonyl (C=O) groups is 1. The third kappa shape index (κ3) is 7.85. The highest BCUT2D eigenvalue weighted by atomic mass is 33.1. The van der Waals surface area contributed by atoms with Crippen molar-refractivity contribution in [3.63, 3.8) is 0 Å². The summed E-state index contributed by atoms with van der Waals surface area (Å²) >= 11 is 0. The van der Waals surface area contributed by atoms with Crippen molar-refractivity contribution in [2.75, 3.05) is 49.3 Å². The maximum Gasteiger partial charge on any atom is 0.224 e. The zero-order valence-electron chi connectivity index (χ0n) is 18.2. The molecule has 1 aromatic carbocycles. The first-order valence-electron chi connectivity index (χ1n) is 11.0. The molecule has 1 saturated heterocycles. The molecule has 8 heteroatoms. The highest BCUT2D eigenvalue weighted by molar-refractivity contribution is 8.77. The molecule has 0 unspecified atom stereocenters. The van der Waals surface area contributed by atoms with Crippen LogP contribution in [-0.4, -0.2) is 60.5 Å². The Morgan fingerprint density at radius 3 is 2.19 bits per heavy atom. The SMILES string of the molecule is O=C(NCCC[n+]1ccc(/C=C/c2ccc(N(CCO)CCO)cc2)cc1)C1CSSC1.